The van der Waals surface area contributed by atoms with Gasteiger partial charge >= 0.3 is 5.97 Å². The van der Waals surface area contributed by atoms with E-state index in [2.05, 4.69) is 15.6 Å². The monoisotopic (exact) mass is 298 g/mol. The Bertz CT molecular complexity index is 447. The van der Waals surface area contributed by atoms with E-state index in [1.54, 1.807) is 11.6 Å². The zero-order valence-corrected chi connectivity index (χ0v) is 12.2. The second-order valence-corrected chi connectivity index (χ2v) is 5.24. The van der Waals surface area contributed by atoms with Crippen molar-refractivity contribution >= 4 is 5.97 Å². The number of carbonyl (C=O) groups is 1. The van der Waals surface area contributed by atoms with Crippen LogP contribution in [0, 0.1) is 5.92 Å². The SMILES string of the molecule is CC(CNCCCn1cc(COC2COC2)nn1)C(=O)O. The molecule has 0 aliphatic carbocycles. The van der Waals surface area contributed by atoms with Crippen molar-refractivity contribution in [3.8, 4) is 0 Å². The summed E-state index contributed by atoms with van der Waals surface area (Å²) in [6.07, 6.45) is 2.93. The van der Waals surface area contributed by atoms with Crippen LogP contribution in [0.1, 0.15) is 19.0 Å². The summed E-state index contributed by atoms with van der Waals surface area (Å²) in [4.78, 5) is 10.6. The Kier molecular flexibility index (Phi) is 6.09. The molecule has 0 radical (unpaired) electrons. The maximum atomic E-state index is 10.6. The lowest BCUT2D eigenvalue weighted by Gasteiger charge is -2.25. The van der Waals surface area contributed by atoms with Gasteiger partial charge in [-0.1, -0.05) is 12.1 Å². The maximum Gasteiger partial charge on any atom is 0.307 e. The lowest BCUT2D eigenvalue weighted by molar-refractivity contribution is -0.140. The van der Waals surface area contributed by atoms with E-state index in [0.717, 1.165) is 25.2 Å². The van der Waals surface area contributed by atoms with Crippen molar-refractivity contribution in [1.29, 1.82) is 0 Å². The van der Waals surface area contributed by atoms with Crippen LogP contribution in [0.5, 0.6) is 0 Å². The first-order chi connectivity index (χ1) is 10.1. The van der Waals surface area contributed by atoms with E-state index >= 15 is 0 Å². The molecule has 0 spiro atoms. The van der Waals surface area contributed by atoms with E-state index in [0.29, 0.717) is 26.4 Å². The largest absolute Gasteiger partial charge is 0.481 e. The Labute approximate surface area is 123 Å². The van der Waals surface area contributed by atoms with E-state index in [9.17, 15) is 4.79 Å². The highest BCUT2D eigenvalue weighted by Gasteiger charge is 2.19. The molecular weight excluding hydrogens is 276 g/mol. The second kappa shape index (κ2) is 8.06. The van der Waals surface area contributed by atoms with Gasteiger partial charge in [0, 0.05) is 13.1 Å². The molecule has 2 N–H and O–H groups in total. The van der Waals surface area contributed by atoms with Crippen LogP contribution in [0.25, 0.3) is 0 Å². The predicted octanol–water partition coefficient (Wildman–Crippen LogP) is -0.106. The molecule has 1 aliphatic rings. The van der Waals surface area contributed by atoms with E-state index < -0.39 is 5.97 Å². The molecule has 118 valence electrons. The van der Waals surface area contributed by atoms with Crippen LogP contribution >= 0.6 is 0 Å². The van der Waals surface area contributed by atoms with Gasteiger partial charge in [-0.3, -0.25) is 9.48 Å². The van der Waals surface area contributed by atoms with E-state index in [1.807, 2.05) is 6.20 Å². The van der Waals surface area contributed by atoms with Crippen LogP contribution in [0.15, 0.2) is 6.20 Å². The molecule has 1 saturated heterocycles. The molecule has 0 saturated carbocycles. The number of carboxylic acid groups (broad SMARTS) is 1. The van der Waals surface area contributed by atoms with Gasteiger partial charge in [0.15, 0.2) is 0 Å². The third-order valence-corrected chi connectivity index (χ3v) is 3.27. The summed E-state index contributed by atoms with van der Waals surface area (Å²) in [5.41, 5.74) is 0.814. The molecule has 2 rings (SSSR count). The topological polar surface area (TPSA) is 98.5 Å². The van der Waals surface area contributed by atoms with Gasteiger partial charge in [-0.2, -0.15) is 0 Å². The summed E-state index contributed by atoms with van der Waals surface area (Å²) in [5, 5.41) is 19.9. The summed E-state index contributed by atoms with van der Waals surface area (Å²) < 4.78 is 12.4. The molecule has 21 heavy (non-hydrogen) atoms. The second-order valence-electron chi connectivity index (χ2n) is 5.24. The first kappa shape index (κ1) is 15.9. The van der Waals surface area contributed by atoms with Crippen LogP contribution in [-0.4, -0.2) is 58.5 Å². The molecule has 0 amide bonds. The van der Waals surface area contributed by atoms with Crippen molar-refractivity contribution < 1.29 is 19.4 Å². The molecule has 0 bridgehead atoms. The fourth-order valence-corrected chi connectivity index (χ4v) is 1.80. The standard InChI is InChI=1S/C13H22N4O4/c1-10(13(18)19)5-14-3-2-4-17-6-11(15-16-17)7-21-12-8-20-9-12/h6,10,12,14H,2-5,7-9H2,1H3,(H,18,19). The van der Waals surface area contributed by atoms with Gasteiger partial charge in [-0.25, -0.2) is 0 Å². The Morgan fingerprint density at radius 3 is 3.14 bits per heavy atom. The number of hydrogen-bond donors (Lipinski definition) is 2. The van der Waals surface area contributed by atoms with E-state index in [1.165, 1.54) is 0 Å². The number of aliphatic carboxylic acids is 1. The van der Waals surface area contributed by atoms with Gasteiger partial charge in [-0.05, 0) is 13.0 Å². The van der Waals surface area contributed by atoms with Gasteiger partial charge in [0.05, 0.1) is 31.9 Å². The predicted molar refractivity (Wildman–Crippen MR) is 73.7 cm³/mol. The molecule has 8 nitrogen and oxygen atoms in total. The van der Waals surface area contributed by atoms with E-state index in [4.69, 9.17) is 14.6 Å². The van der Waals surface area contributed by atoms with Crippen LogP contribution in [-0.2, 0) is 27.4 Å². The molecule has 1 aromatic heterocycles. The summed E-state index contributed by atoms with van der Waals surface area (Å²) in [5.74, 6) is -1.14. The zero-order valence-electron chi connectivity index (χ0n) is 12.2. The van der Waals surface area contributed by atoms with Gasteiger partial charge in [0.1, 0.15) is 11.8 Å². The number of hydrogen-bond acceptors (Lipinski definition) is 6. The fourth-order valence-electron chi connectivity index (χ4n) is 1.80. The fraction of sp³-hybridized carbons (Fsp3) is 0.769. The smallest absolute Gasteiger partial charge is 0.307 e. The average molecular weight is 298 g/mol. The molecule has 1 fully saturated rings. The number of rotatable bonds is 10. The number of nitrogens with zero attached hydrogens (tertiary/aromatic N) is 3. The molecule has 2 heterocycles. The summed E-state index contributed by atoms with van der Waals surface area (Å²) in [7, 11) is 0. The van der Waals surface area contributed by atoms with Gasteiger partial charge in [0.25, 0.3) is 0 Å². The number of nitrogens with one attached hydrogen (secondary N) is 1. The average Bonchev–Trinajstić information content (AvgIpc) is 2.84. The van der Waals surface area contributed by atoms with Crippen LogP contribution in [0.3, 0.4) is 0 Å². The minimum atomic E-state index is -0.778. The van der Waals surface area contributed by atoms with Crippen molar-refractivity contribution in [2.45, 2.75) is 32.6 Å². The Balaban J connectivity index is 1.56. The lowest BCUT2D eigenvalue weighted by atomic mass is 10.2. The first-order valence-electron chi connectivity index (χ1n) is 7.17. The zero-order chi connectivity index (χ0) is 15.1. The highest BCUT2D eigenvalue weighted by molar-refractivity contribution is 5.69. The van der Waals surface area contributed by atoms with Gasteiger partial charge in [-0.15, -0.1) is 5.10 Å². The number of ether oxygens (including phenoxy) is 2. The van der Waals surface area contributed by atoms with Crippen LogP contribution < -0.4 is 5.32 Å². The van der Waals surface area contributed by atoms with Gasteiger partial charge < -0.3 is 19.9 Å². The molecule has 1 aromatic rings. The van der Waals surface area contributed by atoms with E-state index in [-0.39, 0.29) is 12.0 Å². The molecular formula is C13H22N4O4. The normalized spacial score (nSPS) is 16.6. The Morgan fingerprint density at radius 2 is 2.48 bits per heavy atom. The van der Waals surface area contributed by atoms with Crippen molar-refractivity contribution in [2.75, 3.05) is 26.3 Å². The maximum absolute atomic E-state index is 10.6. The molecule has 1 atom stereocenters. The highest BCUT2D eigenvalue weighted by atomic mass is 16.6. The number of aryl methyl sites for hydroxylation is 1. The Morgan fingerprint density at radius 1 is 1.67 bits per heavy atom. The van der Waals surface area contributed by atoms with Gasteiger partial charge in [0.2, 0.25) is 0 Å². The lowest BCUT2D eigenvalue weighted by Crippen LogP contribution is -2.35. The molecule has 8 heteroatoms. The van der Waals surface area contributed by atoms with Crippen molar-refractivity contribution in [1.82, 2.24) is 20.3 Å². The number of aromatic nitrogens is 3. The summed E-state index contributed by atoms with van der Waals surface area (Å²) in [6, 6.07) is 0. The minimum absolute atomic E-state index is 0.190. The van der Waals surface area contributed by atoms with Crippen molar-refractivity contribution in [3.05, 3.63) is 11.9 Å². The highest BCUT2D eigenvalue weighted by Crippen LogP contribution is 2.08. The third kappa shape index (κ3) is 5.41. The Hall–Kier alpha value is -1.51. The first-order valence-corrected chi connectivity index (χ1v) is 7.17. The molecule has 1 aliphatic heterocycles. The summed E-state index contributed by atoms with van der Waals surface area (Å²) >= 11 is 0. The van der Waals surface area contributed by atoms with Crippen LogP contribution in [0.2, 0.25) is 0 Å². The number of carboxylic acids is 1. The molecule has 0 aromatic carbocycles. The quantitative estimate of drug-likeness (QED) is 0.582. The molecule has 1 unspecified atom stereocenters. The third-order valence-electron chi connectivity index (χ3n) is 3.27. The van der Waals surface area contributed by atoms with Crippen molar-refractivity contribution in [2.24, 2.45) is 5.92 Å². The van der Waals surface area contributed by atoms with Crippen LogP contribution in [0.4, 0.5) is 0 Å². The van der Waals surface area contributed by atoms with Crippen molar-refractivity contribution in [3.63, 3.8) is 0 Å². The minimum Gasteiger partial charge on any atom is -0.481 e. The summed E-state index contributed by atoms with van der Waals surface area (Å²) in [6.45, 7) is 5.45.